The number of nitrogens with zero attached hydrogens (tertiary/aromatic N) is 3. The SMILES string of the molecule is CN(c1nc2cc(-c3ccc(-c4ccc(Cl)cc4)cn3)ccc2[nH]1)C1CCOCC1. The first-order valence-corrected chi connectivity index (χ1v) is 10.6. The van der Waals surface area contributed by atoms with Gasteiger partial charge < -0.3 is 14.6 Å². The molecular formula is C24H23ClN4O. The summed E-state index contributed by atoms with van der Waals surface area (Å²) in [5, 5.41) is 0.734. The first-order valence-electron chi connectivity index (χ1n) is 10.2. The van der Waals surface area contributed by atoms with Crippen LogP contribution in [0.15, 0.2) is 60.8 Å². The molecule has 0 bridgehead atoms. The summed E-state index contributed by atoms with van der Waals surface area (Å²) in [6.07, 6.45) is 3.96. The first kappa shape index (κ1) is 19.1. The number of anilines is 1. The number of pyridine rings is 1. The summed E-state index contributed by atoms with van der Waals surface area (Å²) >= 11 is 5.98. The Morgan fingerprint density at radius 1 is 0.967 bits per heavy atom. The minimum Gasteiger partial charge on any atom is -0.381 e. The fourth-order valence-corrected chi connectivity index (χ4v) is 4.07. The van der Waals surface area contributed by atoms with Crippen LogP contribution in [0.4, 0.5) is 5.95 Å². The number of hydrogen-bond donors (Lipinski definition) is 1. The van der Waals surface area contributed by atoms with Gasteiger partial charge in [0.1, 0.15) is 0 Å². The summed E-state index contributed by atoms with van der Waals surface area (Å²) in [4.78, 5) is 15.2. The molecule has 6 heteroatoms. The Bertz CT molecular complexity index is 1150. The first-order chi connectivity index (χ1) is 14.7. The Labute approximate surface area is 180 Å². The van der Waals surface area contributed by atoms with E-state index in [4.69, 9.17) is 21.3 Å². The van der Waals surface area contributed by atoms with Gasteiger partial charge in [0, 0.05) is 48.6 Å². The number of aromatic nitrogens is 3. The molecule has 5 rings (SSSR count). The molecule has 3 heterocycles. The van der Waals surface area contributed by atoms with Gasteiger partial charge in [-0.15, -0.1) is 0 Å². The molecule has 4 aromatic rings. The lowest BCUT2D eigenvalue weighted by Crippen LogP contribution is -2.37. The van der Waals surface area contributed by atoms with E-state index in [1.54, 1.807) is 0 Å². The van der Waals surface area contributed by atoms with E-state index < -0.39 is 0 Å². The highest BCUT2D eigenvalue weighted by Gasteiger charge is 2.21. The Balaban J connectivity index is 1.40. The number of halogens is 1. The van der Waals surface area contributed by atoms with Crippen molar-refractivity contribution in [3.05, 3.63) is 65.8 Å². The molecule has 0 atom stereocenters. The molecule has 1 aliphatic rings. The molecule has 0 amide bonds. The van der Waals surface area contributed by atoms with E-state index in [9.17, 15) is 0 Å². The Hall–Kier alpha value is -2.89. The topological polar surface area (TPSA) is 54.0 Å². The van der Waals surface area contributed by atoms with Crippen LogP contribution in [0.25, 0.3) is 33.4 Å². The van der Waals surface area contributed by atoms with Crippen molar-refractivity contribution >= 4 is 28.6 Å². The van der Waals surface area contributed by atoms with Crippen LogP contribution < -0.4 is 4.90 Å². The third kappa shape index (κ3) is 3.78. The van der Waals surface area contributed by atoms with E-state index in [2.05, 4.69) is 46.2 Å². The molecule has 2 aromatic carbocycles. The lowest BCUT2D eigenvalue weighted by Gasteiger charge is -2.30. The van der Waals surface area contributed by atoms with Crippen molar-refractivity contribution < 1.29 is 4.74 Å². The molecule has 1 fully saturated rings. The highest BCUT2D eigenvalue weighted by Crippen LogP contribution is 2.27. The minimum atomic E-state index is 0.459. The second kappa shape index (κ2) is 8.09. The van der Waals surface area contributed by atoms with Gasteiger partial charge in [0.25, 0.3) is 0 Å². The average molecular weight is 419 g/mol. The quantitative estimate of drug-likeness (QED) is 0.471. The molecule has 152 valence electrons. The molecular weight excluding hydrogens is 396 g/mol. The molecule has 1 saturated heterocycles. The van der Waals surface area contributed by atoms with Gasteiger partial charge in [0.2, 0.25) is 5.95 Å². The predicted molar refractivity (Wildman–Crippen MR) is 122 cm³/mol. The van der Waals surface area contributed by atoms with Gasteiger partial charge in [-0.3, -0.25) is 4.98 Å². The van der Waals surface area contributed by atoms with E-state index in [0.29, 0.717) is 6.04 Å². The van der Waals surface area contributed by atoms with Crippen molar-refractivity contribution in [1.82, 2.24) is 15.0 Å². The van der Waals surface area contributed by atoms with Crippen LogP contribution in [-0.2, 0) is 4.74 Å². The number of hydrogen-bond acceptors (Lipinski definition) is 4. The van der Waals surface area contributed by atoms with E-state index in [1.807, 2.05) is 36.5 Å². The molecule has 5 nitrogen and oxygen atoms in total. The second-order valence-electron chi connectivity index (χ2n) is 7.69. The fourth-order valence-electron chi connectivity index (χ4n) is 3.94. The lowest BCUT2D eigenvalue weighted by molar-refractivity contribution is 0.0852. The number of H-pyrrole nitrogens is 1. The summed E-state index contributed by atoms with van der Waals surface area (Å²) in [6, 6.07) is 18.7. The van der Waals surface area contributed by atoms with Crippen LogP contribution in [-0.4, -0.2) is 41.3 Å². The van der Waals surface area contributed by atoms with E-state index in [1.165, 1.54) is 0 Å². The zero-order chi connectivity index (χ0) is 20.5. The average Bonchev–Trinajstić information content (AvgIpc) is 3.23. The van der Waals surface area contributed by atoms with Crippen molar-refractivity contribution in [2.75, 3.05) is 25.2 Å². The van der Waals surface area contributed by atoms with Gasteiger partial charge in [0.15, 0.2) is 0 Å². The van der Waals surface area contributed by atoms with Gasteiger partial charge in [-0.25, -0.2) is 4.98 Å². The van der Waals surface area contributed by atoms with Crippen molar-refractivity contribution in [1.29, 1.82) is 0 Å². The van der Waals surface area contributed by atoms with Gasteiger partial charge in [-0.2, -0.15) is 0 Å². The van der Waals surface area contributed by atoms with Crippen LogP contribution in [0.5, 0.6) is 0 Å². The number of ether oxygens (including phenoxy) is 1. The Kier molecular flexibility index (Phi) is 5.15. The number of imidazole rings is 1. The van der Waals surface area contributed by atoms with Gasteiger partial charge in [-0.05, 0) is 48.7 Å². The molecule has 0 spiro atoms. The molecule has 0 aliphatic carbocycles. The van der Waals surface area contributed by atoms with Crippen molar-refractivity contribution in [3.8, 4) is 22.4 Å². The normalized spacial score (nSPS) is 14.9. The molecule has 0 unspecified atom stereocenters. The molecule has 0 saturated carbocycles. The van der Waals surface area contributed by atoms with Crippen molar-refractivity contribution in [3.63, 3.8) is 0 Å². The summed E-state index contributed by atoms with van der Waals surface area (Å²) in [6.45, 7) is 1.63. The number of benzene rings is 2. The lowest BCUT2D eigenvalue weighted by atomic mass is 10.1. The standard InChI is InChI=1S/C24H23ClN4O/c1-29(20-10-12-30-13-11-20)24-27-22-9-4-17(14-23(22)28-24)21-8-5-18(15-26-21)16-2-6-19(25)7-3-16/h2-9,14-15,20H,10-13H2,1H3,(H,27,28). The highest BCUT2D eigenvalue weighted by atomic mass is 35.5. The van der Waals surface area contributed by atoms with Crippen LogP contribution in [0.2, 0.25) is 5.02 Å². The maximum Gasteiger partial charge on any atom is 0.203 e. The second-order valence-corrected chi connectivity index (χ2v) is 8.12. The maximum atomic E-state index is 5.98. The summed E-state index contributed by atoms with van der Waals surface area (Å²) in [5.41, 5.74) is 6.13. The van der Waals surface area contributed by atoms with Gasteiger partial charge >= 0.3 is 0 Å². The van der Waals surface area contributed by atoms with Crippen LogP contribution in [0, 0.1) is 0 Å². The van der Waals surface area contributed by atoms with Gasteiger partial charge in [-0.1, -0.05) is 35.9 Å². The fraction of sp³-hybridized carbons (Fsp3) is 0.250. The largest absolute Gasteiger partial charge is 0.381 e. The number of fused-ring (bicyclic) bond motifs is 1. The summed E-state index contributed by atoms with van der Waals surface area (Å²) < 4.78 is 5.48. The zero-order valence-corrected chi connectivity index (χ0v) is 17.6. The third-order valence-corrected chi connectivity index (χ3v) is 6.03. The smallest absolute Gasteiger partial charge is 0.203 e. The molecule has 1 N–H and O–H groups in total. The van der Waals surface area contributed by atoms with Gasteiger partial charge in [0.05, 0.1) is 16.7 Å². The number of nitrogens with one attached hydrogen (secondary N) is 1. The minimum absolute atomic E-state index is 0.459. The number of rotatable bonds is 4. The van der Waals surface area contributed by atoms with Crippen LogP contribution >= 0.6 is 11.6 Å². The highest BCUT2D eigenvalue weighted by molar-refractivity contribution is 6.30. The molecule has 30 heavy (non-hydrogen) atoms. The number of aromatic amines is 1. The van der Waals surface area contributed by atoms with E-state index >= 15 is 0 Å². The van der Waals surface area contributed by atoms with E-state index in [-0.39, 0.29) is 0 Å². The van der Waals surface area contributed by atoms with Crippen LogP contribution in [0.1, 0.15) is 12.8 Å². The maximum absolute atomic E-state index is 5.98. The summed E-state index contributed by atoms with van der Waals surface area (Å²) in [5.74, 6) is 0.903. The molecule has 0 radical (unpaired) electrons. The van der Waals surface area contributed by atoms with Crippen LogP contribution in [0.3, 0.4) is 0 Å². The zero-order valence-electron chi connectivity index (χ0n) is 16.8. The molecule has 1 aliphatic heterocycles. The molecule has 2 aromatic heterocycles. The van der Waals surface area contributed by atoms with Crippen molar-refractivity contribution in [2.45, 2.75) is 18.9 Å². The van der Waals surface area contributed by atoms with Crippen molar-refractivity contribution in [2.24, 2.45) is 0 Å². The Morgan fingerprint density at radius 2 is 1.70 bits per heavy atom. The summed E-state index contributed by atoms with van der Waals surface area (Å²) in [7, 11) is 2.10. The third-order valence-electron chi connectivity index (χ3n) is 5.78. The van der Waals surface area contributed by atoms with E-state index in [0.717, 1.165) is 70.4 Å². The predicted octanol–water partition coefficient (Wildman–Crippen LogP) is 5.56. The Morgan fingerprint density at radius 3 is 2.43 bits per heavy atom. The monoisotopic (exact) mass is 418 g/mol.